The van der Waals surface area contributed by atoms with Gasteiger partial charge in [0, 0.05) is 12.5 Å². The first kappa shape index (κ1) is 44.0. The van der Waals surface area contributed by atoms with Gasteiger partial charge < -0.3 is 62.7 Å². The number of amides is 1. The lowest BCUT2D eigenvalue weighted by Gasteiger charge is -2.22. The highest BCUT2D eigenvalue weighted by molar-refractivity contribution is 5.79. The van der Waals surface area contributed by atoms with E-state index >= 15 is 0 Å². The Morgan fingerprint density at radius 1 is 0.519 bits per heavy atom. The fraction of sp³-hybridized carbons (Fsp3) is 0.675. The number of carbonyl (C=O) groups excluding carboxylic acids is 1. The first-order chi connectivity index (χ1) is 26.8. The zero-order valence-corrected chi connectivity index (χ0v) is 31.9. The van der Waals surface area contributed by atoms with Gasteiger partial charge >= 0.3 is 6.09 Å². The summed E-state index contributed by atoms with van der Waals surface area (Å²) in [6, 6.07) is 16.5. The second kappa shape index (κ2) is 29.5. The molecule has 54 heavy (non-hydrogen) atoms. The number of ether oxygens (including phenoxy) is 11. The molecule has 1 fully saturated rings. The second-order valence-electron chi connectivity index (χ2n) is 12.6. The van der Waals surface area contributed by atoms with E-state index in [-0.39, 0.29) is 12.5 Å². The van der Waals surface area contributed by atoms with Crippen molar-refractivity contribution < 1.29 is 56.9 Å². The van der Waals surface area contributed by atoms with Crippen LogP contribution >= 0.6 is 0 Å². The molecule has 304 valence electrons. The SMILES string of the molecule is O=C(NCCOCCOCCOCCOCCOCCOCCOCCOCCOCCOC1CCNCC1)OCC1c2ccccc2-c2ccccc21. The molecule has 1 aliphatic heterocycles. The molecule has 0 saturated carbocycles. The quantitative estimate of drug-likeness (QED) is 0.103. The Morgan fingerprint density at radius 3 is 1.31 bits per heavy atom. The van der Waals surface area contributed by atoms with E-state index < -0.39 is 6.09 Å². The molecule has 0 aromatic heterocycles. The summed E-state index contributed by atoms with van der Waals surface area (Å²) in [7, 11) is 0. The van der Waals surface area contributed by atoms with E-state index in [1.807, 2.05) is 24.3 Å². The number of hydrogen-bond acceptors (Lipinski definition) is 13. The van der Waals surface area contributed by atoms with Gasteiger partial charge in [-0.05, 0) is 48.2 Å². The molecule has 14 nitrogen and oxygen atoms in total. The fourth-order valence-corrected chi connectivity index (χ4v) is 5.97. The first-order valence-corrected chi connectivity index (χ1v) is 19.4. The zero-order valence-electron chi connectivity index (χ0n) is 31.9. The summed E-state index contributed by atoms with van der Waals surface area (Å²) >= 11 is 0. The molecule has 2 N–H and O–H groups in total. The number of alkyl carbamates (subject to hydrolysis) is 1. The highest BCUT2D eigenvalue weighted by atomic mass is 16.6. The van der Waals surface area contributed by atoms with Gasteiger partial charge in [0.15, 0.2) is 0 Å². The molecule has 0 bridgehead atoms. The van der Waals surface area contributed by atoms with Crippen molar-refractivity contribution in [3.05, 3.63) is 59.7 Å². The summed E-state index contributed by atoms with van der Waals surface area (Å²) in [6.45, 7) is 12.3. The van der Waals surface area contributed by atoms with Crippen LogP contribution in [0.15, 0.2) is 48.5 Å². The van der Waals surface area contributed by atoms with Gasteiger partial charge in [0.1, 0.15) is 6.61 Å². The molecule has 2 aliphatic rings. The molecule has 1 heterocycles. The summed E-state index contributed by atoms with van der Waals surface area (Å²) in [5.74, 6) is 0.0385. The summed E-state index contributed by atoms with van der Waals surface area (Å²) in [5.41, 5.74) is 4.78. The molecule has 0 unspecified atom stereocenters. The molecule has 0 atom stereocenters. The third kappa shape index (κ3) is 18.7. The first-order valence-electron chi connectivity index (χ1n) is 19.4. The van der Waals surface area contributed by atoms with Crippen molar-refractivity contribution in [3.8, 4) is 11.1 Å². The van der Waals surface area contributed by atoms with Crippen molar-refractivity contribution in [2.45, 2.75) is 24.9 Å². The molecule has 14 heteroatoms. The number of hydrogen-bond donors (Lipinski definition) is 2. The molecular formula is C40H62N2O12. The molecule has 0 radical (unpaired) electrons. The minimum absolute atomic E-state index is 0.0385. The fourth-order valence-electron chi connectivity index (χ4n) is 5.97. The number of nitrogens with one attached hydrogen (secondary N) is 2. The van der Waals surface area contributed by atoms with E-state index in [0.717, 1.165) is 25.9 Å². The maximum atomic E-state index is 12.2. The highest BCUT2D eigenvalue weighted by Crippen LogP contribution is 2.44. The van der Waals surface area contributed by atoms with E-state index in [9.17, 15) is 4.79 Å². The van der Waals surface area contributed by atoms with Gasteiger partial charge in [-0.15, -0.1) is 0 Å². The van der Waals surface area contributed by atoms with Crippen LogP contribution in [-0.2, 0) is 52.1 Å². The molecule has 1 amide bonds. The summed E-state index contributed by atoms with van der Waals surface area (Å²) < 4.78 is 61.0. The third-order valence-corrected chi connectivity index (χ3v) is 8.70. The number of piperidine rings is 1. The predicted octanol–water partition coefficient (Wildman–Crippen LogP) is 3.44. The Kier molecular flexibility index (Phi) is 24.1. The van der Waals surface area contributed by atoms with Crippen molar-refractivity contribution in [1.82, 2.24) is 10.6 Å². The summed E-state index contributed by atoms with van der Waals surface area (Å²) in [4.78, 5) is 12.2. The Morgan fingerprint density at radius 2 is 0.889 bits per heavy atom. The molecule has 4 rings (SSSR count). The van der Waals surface area contributed by atoms with E-state index in [2.05, 4.69) is 34.9 Å². The van der Waals surface area contributed by atoms with Crippen molar-refractivity contribution in [1.29, 1.82) is 0 Å². The number of carbonyl (C=O) groups is 1. The monoisotopic (exact) mass is 762 g/mol. The normalized spacial score (nSPS) is 14.3. The van der Waals surface area contributed by atoms with Gasteiger partial charge in [-0.2, -0.15) is 0 Å². The van der Waals surface area contributed by atoms with E-state index in [1.165, 1.54) is 22.3 Å². The molecular weight excluding hydrogens is 700 g/mol. The molecule has 2 aromatic rings. The maximum Gasteiger partial charge on any atom is 0.407 e. The highest BCUT2D eigenvalue weighted by Gasteiger charge is 2.29. The van der Waals surface area contributed by atoms with Gasteiger partial charge in [0.05, 0.1) is 132 Å². The van der Waals surface area contributed by atoms with Gasteiger partial charge in [0.2, 0.25) is 0 Å². The van der Waals surface area contributed by atoms with Crippen molar-refractivity contribution in [3.63, 3.8) is 0 Å². The maximum absolute atomic E-state index is 12.2. The Hall–Kier alpha value is -2.73. The Balaban J connectivity index is 0.788. The van der Waals surface area contributed by atoms with Gasteiger partial charge in [-0.25, -0.2) is 4.79 Å². The van der Waals surface area contributed by atoms with Crippen LogP contribution in [0.2, 0.25) is 0 Å². The Labute approximate surface area is 320 Å². The lowest BCUT2D eigenvalue weighted by molar-refractivity contribution is -0.0321. The topological polar surface area (TPSA) is 143 Å². The minimum Gasteiger partial charge on any atom is -0.449 e. The van der Waals surface area contributed by atoms with Crippen LogP contribution in [0.4, 0.5) is 4.79 Å². The lowest BCUT2D eigenvalue weighted by atomic mass is 9.98. The smallest absolute Gasteiger partial charge is 0.407 e. The second-order valence-corrected chi connectivity index (χ2v) is 12.6. The lowest BCUT2D eigenvalue weighted by Crippen LogP contribution is -2.33. The van der Waals surface area contributed by atoms with E-state index in [0.29, 0.717) is 138 Å². The summed E-state index contributed by atoms with van der Waals surface area (Å²) in [5, 5.41) is 6.07. The Bertz CT molecular complexity index is 1190. The largest absolute Gasteiger partial charge is 0.449 e. The van der Waals surface area contributed by atoms with Crippen LogP contribution in [0, 0.1) is 0 Å². The van der Waals surface area contributed by atoms with Gasteiger partial charge in [-0.3, -0.25) is 0 Å². The third-order valence-electron chi connectivity index (χ3n) is 8.70. The van der Waals surface area contributed by atoms with Crippen LogP contribution in [-0.4, -0.2) is 164 Å². The van der Waals surface area contributed by atoms with Crippen molar-refractivity contribution in [2.75, 3.05) is 152 Å². The molecule has 1 aliphatic carbocycles. The molecule has 2 aromatic carbocycles. The van der Waals surface area contributed by atoms with Crippen LogP contribution < -0.4 is 10.6 Å². The standard InChI is InChI=1S/C40H62N2O12/c43-40(54-33-39-37-7-3-1-5-35(37)36-6-2-4-8-38(36)39)42-13-14-44-15-16-45-17-18-46-19-20-47-21-22-48-23-24-49-25-26-50-27-28-51-29-30-52-31-32-53-34-9-11-41-12-10-34/h1-8,34,39,41H,9-33H2,(H,42,43). The van der Waals surface area contributed by atoms with Crippen molar-refractivity contribution >= 4 is 6.09 Å². The molecule has 1 saturated heterocycles. The van der Waals surface area contributed by atoms with Crippen LogP contribution in [0.1, 0.15) is 29.9 Å². The van der Waals surface area contributed by atoms with Gasteiger partial charge in [0.25, 0.3) is 0 Å². The number of benzene rings is 2. The summed E-state index contributed by atoms with van der Waals surface area (Å²) in [6.07, 6.45) is 2.07. The molecule has 0 spiro atoms. The predicted molar refractivity (Wildman–Crippen MR) is 202 cm³/mol. The average Bonchev–Trinajstić information content (AvgIpc) is 3.53. The van der Waals surface area contributed by atoms with Gasteiger partial charge in [-0.1, -0.05) is 48.5 Å². The van der Waals surface area contributed by atoms with Crippen molar-refractivity contribution in [2.24, 2.45) is 0 Å². The van der Waals surface area contributed by atoms with Crippen LogP contribution in [0.3, 0.4) is 0 Å². The number of fused-ring (bicyclic) bond motifs is 3. The zero-order chi connectivity index (χ0) is 37.6. The van der Waals surface area contributed by atoms with Crippen LogP contribution in [0.25, 0.3) is 11.1 Å². The van der Waals surface area contributed by atoms with E-state index in [4.69, 9.17) is 52.1 Å². The van der Waals surface area contributed by atoms with E-state index in [1.54, 1.807) is 0 Å². The number of rotatable bonds is 33. The minimum atomic E-state index is -0.450. The van der Waals surface area contributed by atoms with Crippen LogP contribution in [0.5, 0.6) is 0 Å². The average molecular weight is 763 g/mol.